The summed E-state index contributed by atoms with van der Waals surface area (Å²) in [5.74, 6) is -0.00447. The Morgan fingerprint density at radius 1 is 1.60 bits per heavy atom. The highest BCUT2D eigenvalue weighted by atomic mass is 35.5. The zero-order valence-corrected chi connectivity index (χ0v) is 9.21. The number of allylic oxidation sites excluding steroid dienone is 1. The molecular weight excluding hydrogens is 214 g/mol. The number of anilines is 1. The number of nitrogens with zero attached hydrogens (tertiary/aromatic N) is 2. The van der Waals surface area contributed by atoms with E-state index in [0.717, 1.165) is 0 Å². The topological polar surface area (TPSA) is 68.9 Å². The largest absolute Gasteiger partial charge is 0.368 e. The number of aryl methyl sites for hydroxylation is 1. The van der Waals surface area contributed by atoms with Crippen LogP contribution in [0.4, 0.5) is 5.95 Å². The van der Waals surface area contributed by atoms with Gasteiger partial charge in [-0.15, -0.1) is 6.58 Å². The van der Waals surface area contributed by atoms with Crippen molar-refractivity contribution < 1.29 is 4.79 Å². The third kappa shape index (κ3) is 2.76. The fourth-order valence-corrected chi connectivity index (χ4v) is 1.56. The number of halogens is 1. The van der Waals surface area contributed by atoms with Crippen LogP contribution in [0.3, 0.4) is 0 Å². The number of aromatic nitrogens is 2. The predicted molar refractivity (Wildman–Crippen MR) is 60.0 cm³/mol. The van der Waals surface area contributed by atoms with Gasteiger partial charge in [0.15, 0.2) is 5.78 Å². The van der Waals surface area contributed by atoms with Crippen LogP contribution in [-0.2, 0) is 0 Å². The summed E-state index contributed by atoms with van der Waals surface area (Å²) in [4.78, 5) is 19.4. The number of nitrogens with two attached hydrogens (primary N) is 1. The zero-order valence-electron chi connectivity index (χ0n) is 8.46. The standard InChI is InChI=1S/C10H12ClN3O/c1-3-4-5-7(15)8-6(2)13-10(12)14-9(8)11/h3H,1,4-5H2,2H3,(H2,12,13,14). The van der Waals surface area contributed by atoms with Crippen molar-refractivity contribution in [3.63, 3.8) is 0 Å². The molecule has 80 valence electrons. The highest BCUT2D eigenvalue weighted by Crippen LogP contribution is 2.19. The van der Waals surface area contributed by atoms with Gasteiger partial charge in [-0.05, 0) is 13.3 Å². The van der Waals surface area contributed by atoms with Crippen molar-refractivity contribution in [1.82, 2.24) is 9.97 Å². The van der Waals surface area contributed by atoms with Gasteiger partial charge in [-0.1, -0.05) is 17.7 Å². The summed E-state index contributed by atoms with van der Waals surface area (Å²) in [7, 11) is 0. The van der Waals surface area contributed by atoms with Crippen molar-refractivity contribution in [3.05, 3.63) is 29.1 Å². The SMILES string of the molecule is C=CCCC(=O)c1c(C)nc(N)nc1Cl. The molecule has 4 nitrogen and oxygen atoms in total. The first-order valence-corrected chi connectivity index (χ1v) is 4.87. The number of hydrogen-bond acceptors (Lipinski definition) is 4. The molecule has 0 saturated carbocycles. The second-order valence-corrected chi connectivity index (χ2v) is 3.44. The first-order valence-electron chi connectivity index (χ1n) is 4.50. The lowest BCUT2D eigenvalue weighted by Crippen LogP contribution is -2.08. The number of hydrogen-bond donors (Lipinski definition) is 1. The molecule has 0 aliphatic carbocycles. The Bertz CT molecular complexity index is 381. The van der Waals surface area contributed by atoms with Gasteiger partial charge in [0.1, 0.15) is 5.15 Å². The molecule has 0 bridgehead atoms. The normalized spacial score (nSPS) is 10.0. The van der Waals surface area contributed by atoms with E-state index in [4.69, 9.17) is 17.3 Å². The molecule has 1 rings (SSSR count). The quantitative estimate of drug-likeness (QED) is 0.484. The van der Waals surface area contributed by atoms with Crippen LogP contribution >= 0.6 is 11.6 Å². The molecule has 1 aromatic rings. The molecule has 0 radical (unpaired) electrons. The Hall–Kier alpha value is -1.42. The van der Waals surface area contributed by atoms with Crippen molar-refractivity contribution in [2.24, 2.45) is 0 Å². The van der Waals surface area contributed by atoms with Gasteiger partial charge >= 0.3 is 0 Å². The van der Waals surface area contributed by atoms with Gasteiger partial charge in [-0.3, -0.25) is 4.79 Å². The molecule has 0 spiro atoms. The van der Waals surface area contributed by atoms with Crippen LogP contribution in [-0.4, -0.2) is 15.8 Å². The Morgan fingerprint density at radius 2 is 2.27 bits per heavy atom. The maximum Gasteiger partial charge on any atom is 0.221 e. The van der Waals surface area contributed by atoms with Crippen molar-refractivity contribution >= 4 is 23.3 Å². The number of carbonyl (C=O) groups excluding carboxylic acids is 1. The summed E-state index contributed by atoms with van der Waals surface area (Å²) in [6, 6.07) is 0. The number of rotatable bonds is 4. The maximum absolute atomic E-state index is 11.7. The summed E-state index contributed by atoms with van der Waals surface area (Å²) in [5.41, 5.74) is 6.26. The maximum atomic E-state index is 11.7. The van der Waals surface area contributed by atoms with Gasteiger partial charge < -0.3 is 5.73 Å². The van der Waals surface area contributed by atoms with Crippen LogP contribution in [0.25, 0.3) is 0 Å². The van der Waals surface area contributed by atoms with Gasteiger partial charge in [-0.25, -0.2) is 9.97 Å². The minimum absolute atomic E-state index is 0.0813. The minimum atomic E-state index is -0.0857. The number of nitrogen functional groups attached to an aromatic ring is 1. The van der Waals surface area contributed by atoms with Crippen LogP contribution in [0.2, 0.25) is 5.15 Å². The molecule has 0 fully saturated rings. The molecule has 0 aromatic carbocycles. The Labute approximate surface area is 93.2 Å². The van der Waals surface area contributed by atoms with E-state index in [2.05, 4.69) is 16.5 Å². The third-order valence-electron chi connectivity index (χ3n) is 1.92. The Balaban J connectivity index is 3.03. The van der Waals surface area contributed by atoms with E-state index in [-0.39, 0.29) is 16.9 Å². The summed E-state index contributed by atoms with van der Waals surface area (Å²) >= 11 is 5.83. The lowest BCUT2D eigenvalue weighted by atomic mass is 10.1. The fraction of sp³-hybridized carbons (Fsp3) is 0.300. The molecule has 0 saturated heterocycles. The van der Waals surface area contributed by atoms with E-state index < -0.39 is 0 Å². The average Bonchev–Trinajstić information content (AvgIpc) is 2.12. The minimum Gasteiger partial charge on any atom is -0.368 e. The molecule has 1 heterocycles. The van der Waals surface area contributed by atoms with Crippen LogP contribution in [0.15, 0.2) is 12.7 Å². The second kappa shape index (κ2) is 4.89. The molecule has 5 heteroatoms. The van der Waals surface area contributed by atoms with Crippen LogP contribution < -0.4 is 5.73 Å². The first-order chi connectivity index (χ1) is 7.06. The van der Waals surface area contributed by atoms with Crippen molar-refractivity contribution in [2.45, 2.75) is 19.8 Å². The highest BCUT2D eigenvalue weighted by Gasteiger charge is 2.15. The Kier molecular flexibility index (Phi) is 3.80. The highest BCUT2D eigenvalue weighted by molar-refractivity contribution is 6.33. The third-order valence-corrected chi connectivity index (χ3v) is 2.19. The van der Waals surface area contributed by atoms with Crippen LogP contribution in [0, 0.1) is 6.92 Å². The average molecular weight is 226 g/mol. The molecule has 0 aliphatic heterocycles. The Morgan fingerprint density at radius 3 is 2.80 bits per heavy atom. The lowest BCUT2D eigenvalue weighted by molar-refractivity contribution is 0.0982. The van der Waals surface area contributed by atoms with Gasteiger partial charge in [0.05, 0.1) is 11.3 Å². The molecular formula is C10H12ClN3O. The summed E-state index contributed by atoms with van der Waals surface area (Å²) in [6.07, 6.45) is 2.65. The number of ketones is 1. The predicted octanol–water partition coefficient (Wildman–Crippen LogP) is 2.17. The monoisotopic (exact) mass is 225 g/mol. The van der Waals surface area contributed by atoms with Crippen molar-refractivity contribution in [2.75, 3.05) is 5.73 Å². The molecule has 1 aromatic heterocycles. The van der Waals surface area contributed by atoms with E-state index in [9.17, 15) is 4.79 Å². The smallest absolute Gasteiger partial charge is 0.221 e. The number of Topliss-reactive ketones (excluding diaryl/α,β-unsaturated/α-hetero) is 1. The summed E-state index contributed by atoms with van der Waals surface area (Å²) < 4.78 is 0. The molecule has 0 amide bonds. The van der Waals surface area contributed by atoms with E-state index in [1.807, 2.05) is 0 Å². The molecule has 2 N–H and O–H groups in total. The summed E-state index contributed by atoms with van der Waals surface area (Å²) in [5, 5.41) is 0.120. The van der Waals surface area contributed by atoms with E-state index in [0.29, 0.717) is 24.1 Å². The zero-order chi connectivity index (χ0) is 11.4. The van der Waals surface area contributed by atoms with Crippen LogP contribution in [0.5, 0.6) is 0 Å². The van der Waals surface area contributed by atoms with Gasteiger partial charge in [0, 0.05) is 6.42 Å². The molecule has 15 heavy (non-hydrogen) atoms. The van der Waals surface area contributed by atoms with Crippen molar-refractivity contribution in [3.8, 4) is 0 Å². The van der Waals surface area contributed by atoms with Gasteiger partial charge in [0.2, 0.25) is 5.95 Å². The van der Waals surface area contributed by atoms with Gasteiger partial charge in [-0.2, -0.15) is 0 Å². The second-order valence-electron chi connectivity index (χ2n) is 3.08. The van der Waals surface area contributed by atoms with E-state index in [1.165, 1.54) is 0 Å². The molecule has 0 atom stereocenters. The first kappa shape index (κ1) is 11.7. The lowest BCUT2D eigenvalue weighted by Gasteiger charge is -2.05. The van der Waals surface area contributed by atoms with Crippen LogP contribution in [0.1, 0.15) is 28.9 Å². The molecule has 0 unspecified atom stereocenters. The van der Waals surface area contributed by atoms with E-state index >= 15 is 0 Å². The number of carbonyl (C=O) groups is 1. The fourth-order valence-electron chi connectivity index (χ4n) is 1.23. The van der Waals surface area contributed by atoms with Crippen molar-refractivity contribution in [1.29, 1.82) is 0 Å². The van der Waals surface area contributed by atoms with E-state index in [1.54, 1.807) is 13.0 Å². The molecule has 0 aliphatic rings. The summed E-state index contributed by atoms with van der Waals surface area (Å²) in [6.45, 7) is 5.23. The van der Waals surface area contributed by atoms with Gasteiger partial charge in [0.25, 0.3) is 0 Å².